The monoisotopic (exact) mass is 414 g/mol. The second-order valence-electron chi connectivity index (χ2n) is 7.45. The summed E-state index contributed by atoms with van der Waals surface area (Å²) in [5.41, 5.74) is 2.22. The lowest BCUT2D eigenvalue weighted by Gasteiger charge is -2.17. The van der Waals surface area contributed by atoms with Crippen LogP contribution in [-0.2, 0) is 4.79 Å². The third-order valence-corrected chi connectivity index (χ3v) is 5.47. The van der Waals surface area contributed by atoms with Gasteiger partial charge in [0.25, 0.3) is 11.1 Å². The molecule has 1 saturated heterocycles. The van der Waals surface area contributed by atoms with Crippen LogP contribution in [0.15, 0.2) is 39.7 Å². The maximum absolute atomic E-state index is 12.6. The van der Waals surface area contributed by atoms with Gasteiger partial charge in [0.15, 0.2) is 5.88 Å². The van der Waals surface area contributed by atoms with Crippen molar-refractivity contribution in [1.82, 2.24) is 4.90 Å². The van der Waals surface area contributed by atoms with Crippen LogP contribution in [0.5, 0.6) is 5.75 Å². The Bertz CT molecular complexity index is 946. The fraction of sp³-hybridized carbons (Fsp3) is 0.364. The Morgan fingerprint density at radius 1 is 1.21 bits per heavy atom. The number of nitrogens with zero attached hydrogens (tertiary/aromatic N) is 2. The number of aryl methyl sites for hydroxylation is 1. The fourth-order valence-corrected chi connectivity index (χ4v) is 3.82. The number of hydrogen-bond donors (Lipinski definition) is 0. The van der Waals surface area contributed by atoms with Crippen molar-refractivity contribution in [3.05, 3.63) is 52.1 Å². The van der Waals surface area contributed by atoms with Gasteiger partial charge in [-0.05, 0) is 47.9 Å². The van der Waals surface area contributed by atoms with Gasteiger partial charge >= 0.3 is 0 Å². The lowest BCUT2D eigenvalue weighted by molar-refractivity contribution is -0.123. The maximum atomic E-state index is 12.6. The summed E-state index contributed by atoms with van der Waals surface area (Å²) in [6.45, 7) is 6.67. The molecule has 0 aliphatic carbocycles. The number of hydrogen-bond acceptors (Lipinski definition) is 6. The summed E-state index contributed by atoms with van der Waals surface area (Å²) < 4.78 is 11.6. The van der Waals surface area contributed by atoms with Crippen molar-refractivity contribution in [1.29, 1.82) is 0 Å². The van der Waals surface area contributed by atoms with Crippen LogP contribution in [0.1, 0.15) is 36.7 Å². The van der Waals surface area contributed by atoms with Gasteiger partial charge in [0, 0.05) is 26.2 Å². The van der Waals surface area contributed by atoms with E-state index in [1.165, 1.54) is 4.90 Å². The van der Waals surface area contributed by atoms with E-state index < -0.39 is 0 Å². The van der Waals surface area contributed by atoms with Crippen LogP contribution in [0.3, 0.4) is 0 Å². The molecule has 1 aromatic heterocycles. The van der Waals surface area contributed by atoms with Crippen LogP contribution in [0, 0.1) is 6.92 Å². The number of amides is 2. The minimum atomic E-state index is -0.320. The second kappa shape index (κ2) is 8.78. The molecule has 1 aliphatic heterocycles. The van der Waals surface area contributed by atoms with Crippen molar-refractivity contribution < 1.29 is 18.7 Å². The number of thioether (sulfide) groups is 1. The quantitative estimate of drug-likeness (QED) is 0.601. The first-order chi connectivity index (χ1) is 13.8. The van der Waals surface area contributed by atoms with E-state index in [9.17, 15) is 9.59 Å². The van der Waals surface area contributed by atoms with Gasteiger partial charge in [-0.1, -0.05) is 26.0 Å². The number of rotatable bonds is 7. The predicted molar refractivity (Wildman–Crippen MR) is 116 cm³/mol. The maximum Gasteiger partial charge on any atom is 0.293 e. The van der Waals surface area contributed by atoms with Crippen molar-refractivity contribution >= 4 is 34.9 Å². The van der Waals surface area contributed by atoms with Crippen molar-refractivity contribution in [3.63, 3.8) is 0 Å². The normalized spacial score (nSPS) is 15.7. The second-order valence-corrected chi connectivity index (χ2v) is 8.44. The molecular weight excluding hydrogens is 388 g/mol. The highest BCUT2D eigenvalue weighted by molar-refractivity contribution is 8.18. The van der Waals surface area contributed by atoms with Crippen molar-refractivity contribution in [3.8, 4) is 5.75 Å². The topological polar surface area (TPSA) is 63.0 Å². The average Bonchev–Trinajstić information content (AvgIpc) is 3.22. The van der Waals surface area contributed by atoms with Gasteiger partial charge in [-0.25, -0.2) is 0 Å². The Hall–Kier alpha value is -2.67. The standard InChI is InChI=1S/C22H26N2O4S/c1-14(2)17-8-6-15(3)12-18(17)27-11-10-24-21(25)19(29-22(24)26)13-16-7-9-20(28-16)23(4)5/h6-9,12-14H,10-11H2,1-5H3/b19-13-. The summed E-state index contributed by atoms with van der Waals surface area (Å²) in [6, 6.07) is 9.70. The first-order valence-corrected chi connectivity index (χ1v) is 10.3. The summed E-state index contributed by atoms with van der Waals surface area (Å²) in [5.74, 6) is 2.03. The first kappa shape index (κ1) is 21.0. The summed E-state index contributed by atoms with van der Waals surface area (Å²) in [4.78, 5) is 28.3. The minimum Gasteiger partial charge on any atom is -0.491 e. The summed E-state index contributed by atoms with van der Waals surface area (Å²) in [5, 5.41) is -0.294. The van der Waals surface area contributed by atoms with Gasteiger partial charge in [-0.2, -0.15) is 0 Å². The number of anilines is 1. The zero-order valence-electron chi connectivity index (χ0n) is 17.4. The molecule has 1 aromatic carbocycles. The zero-order valence-corrected chi connectivity index (χ0v) is 18.2. The predicted octanol–water partition coefficient (Wildman–Crippen LogP) is 4.89. The number of imide groups is 1. The molecule has 0 atom stereocenters. The Morgan fingerprint density at radius 3 is 2.62 bits per heavy atom. The van der Waals surface area contributed by atoms with E-state index in [1.54, 1.807) is 12.1 Å². The van der Waals surface area contributed by atoms with Crippen LogP contribution >= 0.6 is 11.8 Å². The number of carbonyl (C=O) groups is 2. The number of carbonyl (C=O) groups excluding carboxylic acids is 2. The molecule has 0 bridgehead atoms. The van der Waals surface area contributed by atoms with Gasteiger partial charge in [-0.3, -0.25) is 14.5 Å². The Labute approximate surface area is 175 Å². The third kappa shape index (κ3) is 4.85. The van der Waals surface area contributed by atoms with E-state index in [1.807, 2.05) is 38.1 Å². The fourth-order valence-electron chi connectivity index (χ4n) is 2.97. The van der Waals surface area contributed by atoms with Crippen LogP contribution in [-0.4, -0.2) is 43.3 Å². The molecule has 154 valence electrons. The molecule has 0 N–H and O–H groups in total. The van der Waals surface area contributed by atoms with Crippen molar-refractivity contribution in [2.24, 2.45) is 0 Å². The third-order valence-electron chi connectivity index (χ3n) is 4.56. The van der Waals surface area contributed by atoms with E-state index in [2.05, 4.69) is 26.0 Å². The van der Waals surface area contributed by atoms with Gasteiger partial charge in [0.05, 0.1) is 11.4 Å². The van der Waals surface area contributed by atoms with Crippen LogP contribution in [0.4, 0.5) is 10.7 Å². The number of ether oxygens (including phenoxy) is 1. The minimum absolute atomic E-state index is 0.203. The first-order valence-electron chi connectivity index (χ1n) is 9.52. The molecule has 0 saturated carbocycles. The molecule has 1 aliphatic rings. The van der Waals surface area contributed by atoms with Gasteiger partial charge in [0.1, 0.15) is 18.1 Å². The summed E-state index contributed by atoms with van der Waals surface area (Å²) in [6.07, 6.45) is 1.61. The smallest absolute Gasteiger partial charge is 0.293 e. The lowest BCUT2D eigenvalue weighted by atomic mass is 10.0. The molecule has 1 fully saturated rings. The van der Waals surface area contributed by atoms with Crippen molar-refractivity contribution in [2.75, 3.05) is 32.1 Å². The van der Waals surface area contributed by atoms with Crippen LogP contribution in [0.25, 0.3) is 6.08 Å². The largest absolute Gasteiger partial charge is 0.491 e. The highest BCUT2D eigenvalue weighted by Gasteiger charge is 2.35. The number of benzene rings is 1. The van der Waals surface area contributed by atoms with Crippen LogP contribution < -0.4 is 9.64 Å². The Kier molecular flexibility index (Phi) is 6.37. The van der Waals surface area contributed by atoms with Crippen molar-refractivity contribution in [2.45, 2.75) is 26.7 Å². The lowest BCUT2D eigenvalue weighted by Crippen LogP contribution is -2.32. The molecule has 2 amide bonds. The van der Waals surface area contributed by atoms with Gasteiger partial charge in [0.2, 0.25) is 0 Å². The molecule has 0 unspecified atom stereocenters. The van der Waals surface area contributed by atoms with E-state index in [4.69, 9.17) is 9.15 Å². The summed E-state index contributed by atoms with van der Waals surface area (Å²) >= 11 is 0.920. The molecule has 7 heteroatoms. The molecular formula is C22H26N2O4S. The highest BCUT2D eigenvalue weighted by Crippen LogP contribution is 2.33. The average molecular weight is 415 g/mol. The summed E-state index contributed by atoms with van der Waals surface area (Å²) in [7, 11) is 3.74. The Balaban J connectivity index is 1.65. The van der Waals surface area contributed by atoms with E-state index >= 15 is 0 Å². The van der Waals surface area contributed by atoms with E-state index in [0.717, 1.165) is 28.6 Å². The zero-order chi connectivity index (χ0) is 21.1. The van der Waals surface area contributed by atoms with E-state index in [0.29, 0.717) is 22.5 Å². The van der Waals surface area contributed by atoms with Gasteiger partial charge < -0.3 is 14.1 Å². The van der Waals surface area contributed by atoms with E-state index in [-0.39, 0.29) is 24.3 Å². The molecule has 0 spiro atoms. The Morgan fingerprint density at radius 2 is 1.97 bits per heavy atom. The van der Waals surface area contributed by atoms with Crippen LogP contribution in [0.2, 0.25) is 0 Å². The number of furan rings is 1. The highest BCUT2D eigenvalue weighted by atomic mass is 32.2. The molecule has 2 aromatic rings. The molecule has 0 radical (unpaired) electrons. The molecule has 6 nitrogen and oxygen atoms in total. The molecule has 2 heterocycles. The molecule has 29 heavy (non-hydrogen) atoms. The molecule has 3 rings (SSSR count). The van der Waals surface area contributed by atoms with Gasteiger partial charge in [-0.15, -0.1) is 0 Å². The SMILES string of the molecule is Cc1ccc(C(C)C)c(OCCN2C(=O)S/C(=C\c3ccc(N(C)C)o3)C2=O)c1.